The first-order valence-electron chi connectivity index (χ1n) is 15.4. The molecular formula is C35H47N5O3. The molecule has 4 rings (SSSR count). The van der Waals surface area contributed by atoms with Crippen molar-refractivity contribution in [2.24, 2.45) is 0 Å². The summed E-state index contributed by atoms with van der Waals surface area (Å²) in [5.41, 5.74) is 6.35. The van der Waals surface area contributed by atoms with Crippen molar-refractivity contribution in [1.29, 1.82) is 0 Å². The van der Waals surface area contributed by atoms with Gasteiger partial charge in [-0.3, -0.25) is 9.69 Å². The van der Waals surface area contributed by atoms with E-state index in [1.807, 2.05) is 24.3 Å². The van der Waals surface area contributed by atoms with Gasteiger partial charge in [0.25, 0.3) is 5.91 Å². The van der Waals surface area contributed by atoms with Crippen LogP contribution in [0.25, 0.3) is 0 Å². The van der Waals surface area contributed by atoms with Crippen LogP contribution in [-0.2, 0) is 11.3 Å². The van der Waals surface area contributed by atoms with E-state index in [-0.39, 0.29) is 23.8 Å². The van der Waals surface area contributed by atoms with Crippen LogP contribution in [0.2, 0.25) is 0 Å². The number of piperazine rings is 1. The van der Waals surface area contributed by atoms with Gasteiger partial charge < -0.3 is 25.6 Å². The van der Waals surface area contributed by atoms with Crippen LogP contribution in [0.1, 0.15) is 73.0 Å². The molecule has 1 aliphatic heterocycles. The fourth-order valence-electron chi connectivity index (χ4n) is 5.54. The van der Waals surface area contributed by atoms with Crippen molar-refractivity contribution in [3.05, 3.63) is 89.0 Å². The van der Waals surface area contributed by atoms with Crippen molar-refractivity contribution in [3.8, 4) is 0 Å². The van der Waals surface area contributed by atoms with Crippen LogP contribution in [0.4, 0.5) is 21.9 Å². The number of anilines is 3. The Kier molecular flexibility index (Phi) is 11.6. The van der Waals surface area contributed by atoms with Crippen LogP contribution >= 0.6 is 0 Å². The molecule has 8 nitrogen and oxygen atoms in total. The molecule has 3 aromatic rings. The molecule has 43 heavy (non-hydrogen) atoms. The van der Waals surface area contributed by atoms with Gasteiger partial charge >= 0.3 is 6.03 Å². The van der Waals surface area contributed by atoms with Gasteiger partial charge in [0.05, 0.1) is 5.56 Å². The van der Waals surface area contributed by atoms with Crippen molar-refractivity contribution in [1.82, 2.24) is 10.2 Å². The molecule has 3 amide bonds. The number of nitrogens with one attached hydrogen (secondary N) is 3. The van der Waals surface area contributed by atoms with E-state index in [0.717, 1.165) is 61.6 Å². The lowest BCUT2D eigenvalue weighted by molar-refractivity contribution is 0.0949. The van der Waals surface area contributed by atoms with Crippen LogP contribution in [0, 0.1) is 0 Å². The van der Waals surface area contributed by atoms with Gasteiger partial charge in [-0.15, -0.1) is 0 Å². The Balaban J connectivity index is 1.51. The minimum absolute atomic E-state index is 0.158. The number of ether oxygens (including phenoxy) is 1. The number of nitrogens with zero attached hydrogens (tertiary/aromatic N) is 2. The molecule has 0 bridgehead atoms. The second-order valence-electron chi connectivity index (χ2n) is 11.8. The Morgan fingerprint density at radius 3 is 2.14 bits per heavy atom. The van der Waals surface area contributed by atoms with Gasteiger partial charge in [-0.1, -0.05) is 76.2 Å². The summed E-state index contributed by atoms with van der Waals surface area (Å²) in [4.78, 5) is 31.4. The third-order valence-corrected chi connectivity index (χ3v) is 7.88. The molecule has 0 saturated carbocycles. The Hall–Kier alpha value is -3.88. The maximum atomic E-state index is 13.4. The SMILES string of the molecule is COCCCNC(=O)c1cc(NC(=O)Nc2c(C(C)C)cccc2C(C)C)ccc1N1CCN(Cc2ccccc2)CC1. The van der Waals surface area contributed by atoms with Gasteiger partial charge in [0.15, 0.2) is 0 Å². The number of carbonyl (C=O) groups is 2. The van der Waals surface area contributed by atoms with Gasteiger partial charge in [0.2, 0.25) is 0 Å². The van der Waals surface area contributed by atoms with Crippen molar-refractivity contribution >= 4 is 29.0 Å². The molecule has 0 unspecified atom stereocenters. The summed E-state index contributed by atoms with van der Waals surface area (Å²) in [6.45, 7) is 13.9. The summed E-state index contributed by atoms with van der Waals surface area (Å²) < 4.78 is 5.14. The second-order valence-corrected chi connectivity index (χ2v) is 11.8. The zero-order valence-corrected chi connectivity index (χ0v) is 26.3. The molecule has 1 aliphatic rings. The van der Waals surface area contributed by atoms with Gasteiger partial charge in [-0.25, -0.2) is 4.79 Å². The van der Waals surface area contributed by atoms with E-state index < -0.39 is 0 Å². The van der Waals surface area contributed by atoms with E-state index in [4.69, 9.17) is 4.74 Å². The largest absolute Gasteiger partial charge is 0.385 e. The van der Waals surface area contributed by atoms with Crippen LogP contribution in [0.5, 0.6) is 0 Å². The quantitative estimate of drug-likeness (QED) is 0.207. The van der Waals surface area contributed by atoms with E-state index in [9.17, 15) is 9.59 Å². The molecule has 0 atom stereocenters. The smallest absolute Gasteiger partial charge is 0.323 e. The molecule has 1 fully saturated rings. The molecule has 0 aromatic heterocycles. The van der Waals surface area contributed by atoms with Crippen LogP contribution < -0.4 is 20.9 Å². The number of benzene rings is 3. The summed E-state index contributed by atoms with van der Waals surface area (Å²) in [6.07, 6.45) is 0.726. The number of urea groups is 1. The predicted molar refractivity (Wildman–Crippen MR) is 176 cm³/mol. The second kappa shape index (κ2) is 15.5. The topological polar surface area (TPSA) is 85.9 Å². The zero-order chi connectivity index (χ0) is 30.8. The maximum absolute atomic E-state index is 13.4. The Bertz CT molecular complexity index is 1320. The number of hydrogen-bond donors (Lipinski definition) is 3. The van der Waals surface area contributed by atoms with E-state index in [1.54, 1.807) is 13.2 Å². The minimum atomic E-state index is -0.330. The van der Waals surface area contributed by atoms with Crippen LogP contribution in [0.15, 0.2) is 66.7 Å². The zero-order valence-electron chi connectivity index (χ0n) is 26.3. The number of para-hydroxylation sites is 1. The number of hydrogen-bond acceptors (Lipinski definition) is 5. The summed E-state index contributed by atoms with van der Waals surface area (Å²) in [7, 11) is 1.65. The summed E-state index contributed by atoms with van der Waals surface area (Å²) in [5, 5.41) is 9.12. The van der Waals surface area contributed by atoms with Crippen LogP contribution in [0.3, 0.4) is 0 Å². The lowest BCUT2D eigenvalue weighted by Crippen LogP contribution is -2.46. The Morgan fingerprint density at radius 1 is 0.837 bits per heavy atom. The first-order valence-corrected chi connectivity index (χ1v) is 15.4. The molecule has 1 saturated heterocycles. The van der Waals surface area contributed by atoms with E-state index >= 15 is 0 Å². The number of rotatable bonds is 12. The Morgan fingerprint density at radius 2 is 1.51 bits per heavy atom. The number of amides is 3. The Labute approximate surface area is 256 Å². The molecule has 1 heterocycles. The average Bonchev–Trinajstić information content (AvgIpc) is 3.00. The highest BCUT2D eigenvalue weighted by atomic mass is 16.5. The predicted octanol–water partition coefficient (Wildman–Crippen LogP) is 6.67. The standard InChI is InChI=1S/C35H47N5O3/c1-25(2)29-13-9-14-30(26(3)4)33(29)38-35(42)37-28-15-16-32(31(23-28)34(41)36-17-10-22-43-5)40-20-18-39(19-21-40)24-27-11-7-6-8-12-27/h6-9,11-16,23,25-26H,10,17-22,24H2,1-5H3,(H,36,41)(H2,37,38,42). The highest BCUT2D eigenvalue weighted by Gasteiger charge is 2.23. The molecule has 0 radical (unpaired) electrons. The van der Waals surface area contributed by atoms with Crippen LogP contribution in [-0.4, -0.2) is 63.3 Å². The van der Waals surface area contributed by atoms with Crippen molar-refractivity contribution in [3.63, 3.8) is 0 Å². The third-order valence-electron chi connectivity index (χ3n) is 7.88. The molecule has 3 N–H and O–H groups in total. The summed E-state index contributed by atoms with van der Waals surface area (Å²) in [5.74, 6) is 0.360. The lowest BCUT2D eigenvalue weighted by atomic mass is 9.93. The molecule has 8 heteroatoms. The monoisotopic (exact) mass is 585 g/mol. The molecule has 3 aromatic carbocycles. The van der Waals surface area contributed by atoms with Crippen molar-refractivity contribution in [2.45, 2.75) is 52.5 Å². The average molecular weight is 586 g/mol. The normalized spacial score (nSPS) is 13.8. The summed E-state index contributed by atoms with van der Waals surface area (Å²) >= 11 is 0. The van der Waals surface area contributed by atoms with Gasteiger partial charge in [-0.2, -0.15) is 0 Å². The third kappa shape index (κ3) is 8.81. The molecule has 230 valence electrons. The highest BCUT2D eigenvalue weighted by Crippen LogP contribution is 2.33. The minimum Gasteiger partial charge on any atom is -0.385 e. The van der Waals surface area contributed by atoms with Gasteiger partial charge in [-0.05, 0) is 53.1 Å². The fourth-order valence-corrected chi connectivity index (χ4v) is 5.54. The number of carbonyl (C=O) groups excluding carboxylic acids is 2. The molecular weight excluding hydrogens is 538 g/mol. The van der Waals surface area contributed by atoms with Crippen molar-refractivity contribution in [2.75, 3.05) is 62.0 Å². The maximum Gasteiger partial charge on any atom is 0.323 e. The van der Waals surface area contributed by atoms with Crippen molar-refractivity contribution < 1.29 is 14.3 Å². The molecule has 0 aliphatic carbocycles. The van der Waals surface area contributed by atoms with E-state index in [1.165, 1.54) is 5.56 Å². The fraction of sp³-hybridized carbons (Fsp3) is 0.429. The van der Waals surface area contributed by atoms with Gasteiger partial charge in [0.1, 0.15) is 0 Å². The molecule has 0 spiro atoms. The summed E-state index contributed by atoms with van der Waals surface area (Å²) in [6, 6.07) is 22.0. The van der Waals surface area contributed by atoms with Gasteiger partial charge in [0, 0.05) is 70.0 Å². The lowest BCUT2D eigenvalue weighted by Gasteiger charge is -2.37. The number of methoxy groups -OCH3 is 1. The first-order chi connectivity index (χ1) is 20.8. The van der Waals surface area contributed by atoms with E-state index in [0.29, 0.717) is 24.4 Å². The highest BCUT2D eigenvalue weighted by molar-refractivity contribution is 6.04. The first kappa shape index (κ1) is 32.0. The van der Waals surface area contributed by atoms with E-state index in [2.05, 4.69) is 89.8 Å².